The van der Waals surface area contributed by atoms with E-state index in [-0.39, 0.29) is 6.04 Å². The fourth-order valence-electron chi connectivity index (χ4n) is 3.41. The number of fused-ring (bicyclic) bond motifs is 1. The predicted octanol–water partition coefficient (Wildman–Crippen LogP) is 1.81. The summed E-state index contributed by atoms with van der Waals surface area (Å²) < 4.78 is 12.7. The Hall–Kier alpha value is -2.78. The van der Waals surface area contributed by atoms with Gasteiger partial charge in [0.05, 0.1) is 12.6 Å². The average molecular weight is 368 g/mol. The van der Waals surface area contributed by atoms with Crippen LogP contribution in [0.2, 0.25) is 0 Å². The minimum atomic E-state index is -0.939. The third-order valence-corrected chi connectivity index (χ3v) is 4.91. The van der Waals surface area contributed by atoms with Gasteiger partial charge in [-0.25, -0.2) is 0 Å². The highest BCUT2D eigenvalue weighted by atomic mass is 16.5. The van der Waals surface area contributed by atoms with Crippen molar-refractivity contribution < 1.29 is 19.2 Å². The number of aromatic nitrogens is 2. The molecule has 0 saturated carbocycles. The van der Waals surface area contributed by atoms with Crippen LogP contribution in [0.25, 0.3) is 6.08 Å². The quantitative estimate of drug-likeness (QED) is 0.710. The van der Waals surface area contributed by atoms with Crippen LogP contribution in [0.15, 0.2) is 24.3 Å². The molecule has 1 fully saturated rings. The maximum Gasteiger partial charge on any atom is 0.552 e. The summed E-state index contributed by atoms with van der Waals surface area (Å²) in [6.07, 6.45) is 5.40. The van der Waals surface area contributed by atoms with Crippen molar-refractivity contribution in [2.24, 2.45) is 5.73 Å². The van der Waals surface area contributed by atoms with Crippen molar-refractivity contribution in [2.45, 2.75) is 25.8 Å². The molecular formula is C18H21BN4O4. The first-order valence-corrected chi connectivity index (χ1v) is 8.93. The number of primary amides is 1. The smallest absolute Gasteiger partial charge is 0.532 e. The van der Waals surface area contributed by atoms with Gasteiger partial charge in [0.15, 0.2) is 5.82 Å². The van der Waals surface area contributed by atoms with E-state index >= 15 is 0 Å². The molecule has 9 heteroatoms. The fourth-order valence-corrected chi connectivity index (χ4v) is 3.41. The molecule has 0 spiro atoms. The maximum absolute atomic E-state index is 11.9. The van der Waals surface area contributed by atoms with E-state index in [2.05, 4.69) is 10.4 Å². The van der Waals surface area contributed by atoms with E-state index in [0.29, 0.717) is 23.7 Å². The highest BCUT2D eigenvalue weighted by Gasteiger charge is 2.23. The van der Waals surface area contributed by atoms with Crippen LogP contribution in [-0.2, 0) is 4.74 Å². The zero-order chi connectivity index (χ0) is 19.0. The lowest BCUT2D eigenvalue weighted by atomic mass is 9.85. The van der Waals surface area contributed by atoms with E-state index < -0.39 is 13.0 Å². The first-order valence-electron chi connectivity index (χ1n) is 8.93. The number of benzene rings is 1. The lowest BCUT2D eigenvalue weighted by Crippen LogP contribution is -2.22. The van der Waals surface area contributed by atoms with Gasteiger partial charge in [0, 0.05) is 24.1 Å². The summed E-state index contributed by atoms with van der Waals surface area (Å²) in [7, 11) is -0.939. The van der Waals surface area contributed by atoms with Crippen LogP contribution in [-0.4, -0.2) is 41.0 Å². The van der Waals surface area contributed by atoms with Gasteiger partial charge in [-0.2, -0.15) is 5.10 Å². The molecule has 4 N–H and O–H groups in total. The molecule has 1 saturated heterocycles. The van der Waals surface area contributed by atoms with E-state index in [1.807, 2.05) is 19.1 Å². The number of nitrogens with one attached hydrogen (secondary N) is 1. The van der Waals surface area contributed by atoms with Crippen LogP contribution in [0.1, 0.15) is 40.4 Å². The molecule has 0 bridgehead atoms. The molecule has 0 unspecified atom stereocenters. The van der Waals surface area contributed by atoms with Gasteiger partial charge < -0.3 is 25.5 Å². The molecule has 8 nitrogen and oxygen atoms in total. The van der Waals surface area contributed by atoms with E-state index in [9.17, 15) is 9.82 Å². The first-order chi connectivity index (χ1) is 13.0. The van der Waals surface area contributed by atoms with Gasteiger partial charge in [0.1, 0.15) is 11.3 Å². The Balaban J connectivity index is 1.66. The van der Waals surface area contributed by atoms with Crippen LogP contribution >= 0.6 is 0 Å². The van der Waals surface area contributed by atoms with Crippen molar-refractivity contribution in [3.63, 3.8) is 0 Å². The van der Waals surface area contributed by atoms with Crippen molar-refractivity contribution in [3.8, 4) is 5.75 Å². The van der Waals surface area contributed by atoms with Crippen LogP contribution in [0.4, 0.5) is 11.5 Å². The number of hydrogen-bond donors (Lipinski definition) is 3. The molecule has 140 valence electrons. The molecule has 1 aromatic carbocycles. The predicted molar refractivity (Wildman–Crippen MR) is 102 cm³/mol. The van der Waals surface area contributed by atoms with Gasteiger partial charge in [-0.3, -0.25) is 9.48 Å². The molecule has 1 aromatic heterocycles. The summed E-state index contributed by atoms with van der Waals surface area (Å²) in [5.41, 5.74) is 8.45. The van der Waals surface area contributed by atoms with E-state index in [1.165, 1.54) is 0 Å². The largest absolute Gasteiger partial charge is 0.552 e. The molecule has 1 amide bonds. The van der Waals surface area contributed by atoms with E-state index in [4.69, 9.17) is 15.1 Å². The number of carbonyl (C=O) groups is 1. The van der Waals surface area contributed by atoms with Gasteiger partial charge in [0.25, 0.3) is 5.91 Å². The van der Waals surface area contributed by atoms with Crippen LogP contribution in [0.3, 0.4) is 0 Å². The number of hydrogen-bond acceptors (Lipinski definition) is 6. The van der Waals surface area contributed by atoms with Gasteiger partial charge in [-0.1, -0.05) is 6.08 Å². The molecule has 4 rings (SSSR count). The monoisotopic (exact) mass is 368 g/mol. The van der Waals surface area contributed by atoms with Gasteiger partial charge >= 0.3 is 7.12 Å². The first kappa shape index (κ1) is 17.6. The topological polar surface area (TPSA) is 112 Å². The molecule has 0 aliphatic carbocycles. The zero-order valence-corrected chi connectivity index (χ0v) is 15.0. The zero-order valence-electron chi connectivity index (χ0n) is 15.0. The molecule has 2 aliphatic heterocycles. The number of anilines is 2. The van der Waals surface area contributed by atoms with Gasteiger partial charge in [-0.05, 0) is 43.4 Å². The number of carbonyl (C=O) groups excluding carboxylic acids is 1. The minimum Gasteiger partial charge on any atom is -0.532 e. The molecule has 3 heterocycles. The highest BCUT2D eigenvalue weighted by Crippen LogP contribution is 2.34. The summed E-state index contributed by atoms with van der Waals surface area (Å²) >= 11 is 0. The second kappa shape index (κ2) is 7.09. The summed E-state index contributed by atoms with van der Waals surface area (Å²) in [5.74, 6) is 2.05. The third-order valence-electron chi connectivity index (χ3n) is 4.91. The summed E-state index contributed by atoms with van der Waals surface area (Å²) in [4.78, 5) is 11.9. The van der Waals surface area contributed by atoms with Crippen LogP contribution in [0, 0.1) is 6.92 Å². The summed E-state index contributed by atoms with van der Waals surface area (Å²) in [6, 6.07) is 3.69. The van der Waals surface area contributed by atoms with Crippen molar-refractivity contribution >= 4 is 30.6 Å². The normalized spacial score (nSPS) is 18.7. The fraction of sp³-hybridized carbons (Fsp3) is 0.333. The Labute approximate surface area is 157 Å². The summed E-state index contributed by atoms with van der Waals surface area (Å²) in [6.45, 7) is 3.26. The Morgan fingerprint density at radius 2 is 2.33 bits per heavy atom. The van der Waals surface area contributed by atoms with Crippen molar-refractivity contribution in [2.75, 3.05) is 18.5 Å². The molecule has 2 aliphatic rings. The standard InChI is InChI=1S/C18H21BN4O4/c1-11-13-6-7-19(25)27-16(13)5-4-15(11)21-18-14(17(20)24)9-23(22-18)12-3-2-8-26-10-12/h4-7,9,12,25H,2-3,8,10H2,1H3,(H2,20,24)(H,21,22)/t12-/m1/s1. The molecule has 0 radical (unpaired) electrons. The van der Waals surface area contributed by atoms with Crippen LogP contribution in [0.5, 0.6) is 5.75 Å². The molecule has 1 atom stereocenters. The van der Waals surface area contributed by atoms with Crippen molar-refractivity contribution in [3.05, 3.63) is 41.0 Å². The number of amides is 1. The van der Waals surface area contributed by atoms with Gasteiger partial charge in [-0.15, -0.1) is 0 Å². The minimum absolute atomic E-state index is 0.0925. The molecule has 2 aromatic rings. The molecular weight excluding hydrogens is 347 g/mol. The number of rotatable bonds is 4. The average Bonchev–Trinajstić information content (AvgIpc) is 3.09. The van der Waals surface area contributed by atoms with Crippen molar-refractivity contribution in [1.82, 2.24) is 9.78 Å². The third kappa shape index (κ3) is 3.43. The van der Waals surface area contributed by atoms with E-state index in [1.54, 1.807) is 22.9 Å². The second-order valence-corrected chi connectivity index (χ2v) is 6.75. The Morgan fingerprint density at radius 1 is 1.48 bits per heavy atom. The maximum atomic E-state index is 11.9. The summed E-state index contributed by atoms with van der Waals surface area (Å²) in [5, 5.41) is 17.3. The molecule has 27 heavy (non-hydrogen) atoms. The Morgan fingerprint density at radius 3 is 3.07 bits per heavy atom. The van der Waals surface area contributed by atoms with Crippen LogP contribution < -0.4 is 15.7 Å². The van der Waals surface area contributed by atoms with E-state index in [0.717, 1.165) is 36.3 Å². The highest BCUT2D eigenvalue weighted by molar-refractivity contribution is 6.51. The van der Waals surface area contributed by atoms with Crippen molar-refractivity contribution in [1.29, 1.82) is 0 Å². The number of nitrogens with two attached hydrogens (primary N) is 1. The lowest BCUT2D eigenvalue weighted by molar-refractivity contribution is 0.0550. The Bertz CT molecular complexity index is 905. The second-order valence-electron chi connectivity index (χ2n) is 6.75. The number of ether oxygens (including phenoxy) is 1. The lowest BCUT2D eigenvalue weighted by Gasteiger charge is -2.22. The van der Waals surface area contributed by atoms with Gasteiger partial charge in [0.2, 0.25) is 0 Å². The Kier molecular flexibility index (Phi) is 4.63. The number of nitrogens with zero attached hydrogens (tertiary/aromatic N) is 2. The SMILES string of the molecule is Cc1c(Nc2nn([C@@H]3CCCOC3)cc2C(N)=O)ccc2c1C=CB(O)O2.